The molecule has 34 heavy (non-hydrogen) atoms. The average molecular weight is 470 g/mol. The molecule has 0 aliphatic heterocycles. The van der Waals surface area contributed by atoms with Gasteiger partial charge in [-0.3, -0.25) is 4.79 Å². The van der Waals surface area contributed by atoms with Crippen LogP contribution in [-0.4, -0.2) is 15.7 Å². The smallest absolute Gasteiger partial charge is 0.435 e. The van der Waals surface area contributed by atoms with Gasteiger partial charge in [0, 0.05) is 12.6 Å². The zero-order valence-corrected chi connectivity index (χ0v) is 17.5. The first kappa shape index (κ1) is 23.0. The summed E-state index contributed by atoms with van der Waals surface area (Å²) >= 11 is 0. The zero-order valence-electron chi connectivity index (χ0n) is 17.5. The fourth-order valence-electron chi connectivity index (χ4n) is 3.18. The molecule has 1 heterocycles. The molecule has 4 aromatic rings. The van der Waals surface area contributed by atoms with E-state index in [0.717, 1.165) is 4.68 Å². The van der Waals surface area contributed by atoms with Crippen molar-refractivity contribution in [2.75, 3.05) is 5.32 Å². The van der Waals surface area contributed by atoms with Crippen molar-refractivity contribution in [3.05, 3.63) is 102 Å². The number of benzene rings is 3. The van der Waals surface area contributed by atoms with Crippen molar-refractivity contribution in [1.82, 2.24) is 9.78 Å². The van der Waals surface area contributed by atoms with Crippen LogP contribution in [0.1, 0.15) is 21.7 Å². The van der Waals surface area contributed by atoms with Gasteiger partial charge in [-0.1, -0.05) is 36.4 Å². The first-order valence-electron chi connectivity index (χ1n) is 10.1. The lowest BCUT2D eigenvalue weighted by Gasteiger charge is -2.12. The number of nitrogens with two attached hydrogens (primary N) is 1. The van der Waals surface area contributed by atoms with Crippen molar-refractivity contribution >= 4 is 11.6 Å². The van der Waals surface area contributed by atoms with E-state index in [-0.39, 0.29) is 23.7 Å². The van der Waals surface area contributed by atoms with Gasteiger partial charge in [0.25, 0.3) is 5.91 Å². The number of nitrogens with zero attached hydrogens (tertiary/aromatic N) is 2. The highest BCUT2D eigenvalue weighted by Gasteiger charge is 2.36. The summed E-state index contributed by atoms with van der Waals surface area (Å²) in [7, 11) is 0. The third-order valence-electron chi connectivity index (χ3n) is 4.81. The summed E-state index contributed by atoms with van der Waals surface area (Å²) < 4.78 is 61.4. The molecule has 4 rings (SSSR count). The lowest BCUT2D eigenvalue weighted by Crippen LogP contribution is -2.18. The van der Waals surface area contributed by atoms with Crippen LogP contribution in [0.3, 0.4) is 0 Å². The molecule has 0 unspecified atom stereocenters. The van der Waals surface area contributed by atoms with Crippen molar-refractivity contribution < 1.29 is 27.1 Å². The van der Waals surface area contributed by atoms with Gasteiger partial charge >= 0.3 is 6.18 Å². The molecule has 0 aliphatic rings. The normalized spacial score (nSPS) is 11.3. The van der Waals surface area contributed by atoms with Crippen LogP contribution in [0, 0.1) is 5.82 Å². The van der Waals surface area contributed by atoms with Crippen LogP contribution in [0.4, 0.5) is 23.2 Å². The maximum atomic E-state index is 15.0. The molecular formula is C24H18F4N4O2. The van der Waals surface area contributed by atoms with Crippen LogP contribution in [-0.2, 0) is 12.7 Å². The van der Waals surface area contributed by atoms with E-state index in [9.17, 15) is 22.4 Å². The first-order chi connectivity index (χ1) is 16.3. The number of ether oxygens (including phenoxy) is 1. The van der Waals surface area contributed by atoms with Gasteiger partial charge < -0.3 is 15.8 Å². The Morgan fingerprint density at radius 2 is 1.74 bits per heavy atom. The number of amides is 1. The average Bonchev–Trinajstić information content (AvgIpc) is 3.29. The number of para-hydroxylation sites is 1. The highest BCUT2D eigenvalue weighted by molar-refractivity contribution is 6.03. The van der Waals surface area contributed by atoms with Crippen LogP contribution in [0.5, 0.6) is 11.5 Å². The minimum absolute atomic E-state index is 0.141. The molecule has 3 N–H and O–H groups in total. The summed E-state index contributed by atoms with van der Waals surface area (Å²) in [6.45, 7) is 0.141. The number of halogens is 4. The van der Waals surface area contributed by atoms with Gasteiger partial charge in [0.1, 0.15) is 11.4 Å². The molecule has 0 spiro atoms. The Bertz CT molecular complexity index is 1320. The predicted octanol–water partition coefficient (Wildman–Crippen LogP) is 5.53. The molecule has 1 amide bonds. The molecule has 0 radical (unpaired) electrons. The van der Waals surface area contributed by atoms with E-state index < -0.39 is 29.3 Å². The summed E-state index contributed by atoms with van der Waals surface area (Å²) in [4.78, 5) is 13.0. The van der Waals surface area contributed by atoms with E-state index >= 15 is 0 Å². The Hall–Kier alpha value is -4.18. The highest BCUT2D eigenvalue weighted by Crippen LogP contribution is 2.32. The van der Waals surface area contributed by atoms with Crippen molar-refractivity contribution in [3.8, 4) is 17.2 Å². The lowest BCUT2D eigenvalue weighted by molar-refractivity contribution is -0.141. The Labute approximate surface area is 191 Å². The van der Waals surface area contributed by atoms with Gasteiger partial charge in [-0.25, -0.2) is 9.07 Å². The molecule has 10 heteroatoms. The number of carbonyl (C=O) groups is 1. The lowest BCUT2D eigenvalue weighted by atomic mass is 10.2. The van der Waals surface area contributed by atoms with Crippen LogP contribution < -0.4 is 15.8 Å². The summed E-state index contributed by atoms with van der Waals surface area (Å²) in [5.41, 5.74) is 4.47. The van der Waals surface area contributed by atoms with Crippen molar-refractivity contribution in [2.24, 2.45) is 5.73 Å². The largest absolute Gasteiger partial charge is 0.454 e. The van der Waals surface area contributed by atoms with Gasteiger partial charge in [0.15, 0.2) is 17.3 Å². The number of anilines is 1. The van der Waals surface area contributed by atoms with E-state index in [1.807, 2.05) is 0 Å². The van der Waals surface area contributed by atoms with Gasteiger partial charge in [-0.15, -0.1) is 0 Å². The fraction of sp³-hybridized carbons (Fsp3) is 0.0833. The standard InChI is InChI=1S/C24H18F4N4O2/c25-22-18(10-5-11-20(22)34-17-8-2-1-3-9-17)30-23(33)19-13-21(24(26,27)28)31-32(19)16-7-4-6-15(12-16)14-29/h1-13H,14,29H2,(H,30,33). The van der Waals surface area contributed by atoms with Crippen LogP contribution in [0.2, 0.25) is 0 Å². The molecule has 0 fully saturated rings. The predicted molar refractivity (Wildman–Crippen MR) is 117 cm³/mol. The molecule has 0 atom stereocenters. The number of hydrogen-bond donors (Lipinski definition) is 2. The van der Waals surface area contributed by atoms with Crippen LogP contribution in [0.25, 0.3) is 5.69 Å². The SMILES string of the molecule is NCc1cccc(-n2nc(C(F)(F)F)cc2C(=O)Nc2cccc(Oc3ccccc3)c2F)c1. The Morgan fingerprint density at radius 1 is 1.00 bits per heavy atom. The Balaban J connectivity index is 1.68. The van der Waals surface area contributed by atoms with Crippen molar-refractivity contribution in [3.63, 3.8) is 0 Å². The molecule has 1 aromatic heterocycles. The number of hydrogen-bond acceptors (Lipinski definition) is 4. The molecule has 0 saturated heterocycles. The van der Waals surface area contributed by atoms with E-state index in [4.69, 9.17) is 10.5 Å². The van der Waals surface area contributed by atoms with Gasteiger partial charge in [0.05, 0.1) is 11.4 Å². The summed E-state index contributed by atoms with van der Waals surface area (Å²) in [6.07, 6.45) is -4.79. The summed E-state index contributed by atoms with van der Waals surface area (Å²) in [5, 5.41) is 5.87. The Kier molecular flexibility index (Phi) is 6.33. The molecule has 0 bridgehead atoms. The third-order valence-corrected chi connectivity index (χ3v) is 4.81. The third kappa shape index (κ3) is 4.91. The fourth-order valence-corrected chi connectivity index (χ4v) is 3.18. The van der Waals surface area contributed by atoms with Gasteiger partial charge in [0.2, 0.25) is 0 Å². The minimum Gasteiger partial charge on any atom is -0.454 e. The minimum atomic E-state index is -4.79. The van der Waals surface area contributed by atoms with E-state index in [0.29, 0.717) is 17.4 Å². The van der Waals surface area contributed by atoms with Gasteiger partial charge in [-0.2, -0.15) is 18.3 Å². The topological polar surface area (TPSA) is 82.2 Å². The summed E-state index contributed by atoms with van der Waals surface area (Å²) in [6, 6.07) is 19.4. The zero-order chi connectivity index (χ0) is 24.3. The maximum Gasteiger partial charge on any atom is 0.435 e. The second-order valence-electron chi connectivity index (χ2n) is 7.19. The Morgan fingerprint density at radius 3 is 2.44 bits per heavy atom. The number of rotatable bonds is 6. The molecule has 0 aliphatic carbocycles. The number of carbonyl (C=O) groups excluding carboxylic acids is 1. The van der Waals surface area contributed by atoms with E-state index in [2.05, 4.69) is 10.4 Å². The summed E-state index contributed by atoms with van der Waals surface area (Å²) in [5.74, 6) is -1.66. The number of alkyl halides is 3. The van der Waals surface area contributed by atoms with Crippen LogP contribution >= 0.6 is 0 Å². The number of nitrogens with one attached hydrogen (secondary N) is 1. The first-order valence-corrected chi connectivity index (χ1v) is 10.1. The van der Waals surface area contributed by atoms with Crippen molar-refractivity contribution in [2.45, 2.75) is 12.7 Å². The molecule has 6 nitrogen and oxygen atoms in total. The molecule has 174 valence electrons. The maximum absolute atomic E-state index is 15.0. The van der Waals surface area contributed by atoms with Crippen LogP contribution in [0.15, 0.2) is 78.9 Å². The quantitative estimate of drug-likeness (QED) is 0.363. The second-order valence-corrected chi connectivity index (χ2v) is 7.19. The molecule has 3 aromatic carbocycles. The second kappa shape index (κ2) is 9.36. The molecular weight excluding hydrogens is 452 g/mol. The van der Waals surface area contributed by atoms with E-state index in [1.54, 1.807) is 42.5 Å². The van der Waals surface area contributed by atoms with Crippen molar-refractivity contribution in [1.29, 1.82) is 0 Å². The van der Waals surface area contributed by atoms with Gasteiger partial charge in [-0.05, 0) is 42.0 Å². The number of aromatic nitrogens is 2. The monoisotopic (exact) mass is 470 g/mol. The molecule has 0 saturated carbocycles. The highest BCUT2D eigenvalue weighted by atomic mass is 19.4. The van der Waals surface area contributed by atoms with E-state index in [1.165, 1.54) is 30.3 Å².